The van der Waals surface area contributed by atoms with E-state index >= 15 is 0 Å². The first-order valence-electron chi connectivity index (χ1n) is 7.16. The quantitative estimate of drug-likeness (QED) is 0.563. The number of hydrogen-bond donors (Lipinski definition) is 1. The number of benzene rings is 1. The van der Waals surface area contributed by atoms with Gasteiger partial charge >= 0.3 is 5.97 Å². The number of carbonyl (C=O) groups is 1. The average Bonchev–Trinajstić information content (AvgIpc) is 2.43. The summed E-state index contributed by atoms with van der Waals surface area (Å²) >= 11 is 0. The summed E-state index contributed by atoms with van der Waals surface area (Å²) in [6.07, 6.45) is 5.73. The molecule has 1 aromatic carbocycles. The summed E-state index contributed by atoms with van der Waals surface area (Å²) in [7, 11) is 1.81. The van der Waals surface area contributed by atoms with Gasteiger partial charge in [-0.25, -0.2) is 4.79 Å². The van der Waals surface area contributed by atoms with Crippen LogP contribution in [-0.4, -0.2) is 19.1 Å². The molecule has 0 aliphatic heterocycles. The van der Waals surface area contributed by atoms with E-state index in [1.54, 1.807) is 13.1 Å². The van der Waals surface area contributed by atoms with Crippen molar-refractivity contribution in [3.05, 3.63) is 29.8 Å². The molecule has 3 heteroatoms. The van der Waals surface area contributed by atoms with Crippen molar-refractivity contribution >= 4 is 11.7 Å². The van der Waals surface area contributed by atoms with Gasteiger partial charge in [0.1, 0.15) is 0 Å². The molecule has 0 fully saturated rings. The van der Waals surface area contributed by atoms with Crippen molar-refractivity contribution in [2.45, 2.75) is 52.1 Å². The number of carbonyl (C=O) groups excluding carboxylic acids is 1. The van der Waals surface area contributed by atoms with E-state index in [-0.39, 0.29) is 12.1 Å². The van der Waals surface area contributed by atoms with E-state index < -0.39 is 0 Å². The monoisotopic (exact) mass is 263 g/mol. The molecule has 0 heterocycles. The Morgan fingerprint density at radius 1 is 1.26 bits per heavy atom. The first-order chi connectivity index (χ1) is 9.19. The summed E-state index contributed by atoms with van der Waals surface area (Å²) in [5, 5.41) is 3.01. The van der Waals surface area contributed by atoms with E-state index in [9.17, 15) is 4.79 Å². The molecule has 0 spiro atoms. The highest BCUT2D eigenvalue weighted by atomic mass is 16.5. The van der Waals surface area contributed by atoms with Gasteiger partial charge in [-0.05, 0) is 31.9 Å². The van der Waals surface area contributed by atoms with Gasteiger partial charge in [0.2, 0.25) is 0 Å². The van der Waals surface area contributed by atoms with Crippen LogP contribution in [-0.2, 0) is 4.74 Å². The van der Waals surface area contributed by atoms with E-state index in [4.69, 9.17) is 4.74 Å². The van der Waals surface area contributed by atoms with E-state index in [1.165, 1.54) is 19.3 Å². The van der Waals surface area contributed by atoms with Gasteiger partial charge in [-0.3, -0.25) is 0 Å². The minimum Gasteiger partial charge on any atom is -0.459 e. The van der Waals surface area contributed by atoms with Crippen LogP contribution in [0.25, 0.3) is 0 Å². The fourth-order valence-electron chi connectivity index (χ4n) is 2.04. The second-order valence-electron chi connectivity index (χ2n) is 4.86. The minimum absolute atomic E-state index is 0.0192. The molecule has 19 heavy (non-hydrogen) atoms. The molecule has 0 aliphatic rings. The van der Waals surface area contributed by atoms with Crippen LogP contribution in [0.4, 0.5) is 5.69 Å². The molecule has 0 saturated carbocycles. The van der Waals surface area contributed by atoms with Gasteiger partial charge in [0, 0.05) is 12.7 Å². The van der Waals surface area contributed by atoms with Gasteiger partial charge in [0.15, 0.2) is 0 Å². The van der Waals surface area contributed by atoms with Gasteiger partial charge in [0.25, 0.3) is 0 Å². The van der Waals surface area contributed by atoms with Crippen LogP contribution in [0.1, 0.15) is 56.3 Å². The van der Waals surface area contributed by atoms with Gasteiger partial charge in [-0.15, -0.1) is 0 Å². The van der Waals surface area contributed by atoms with Crippen LogP contribution >= 0.6 is 0 Å². The molecule has 0 radical (unpaired) electrons. The van der Waals surface area contributed by atoms with Crippen molar-refractivity contribution in [2.24, 2.45) is 0 Å². The fraction of sp³-hybridized carbons (Fsp3) is 0.562. The predicted molar refractivity (Wildman–Crippen MR) is 79.6 cm³/mol. The molecule has 0 saturated heterocycles. The number of hydrogen-bond acceptors (Lipinski definition) is 3. The maximum Gasteiger partial charge on any atom is 0.340 e. The third-order valence-electron chi connectivity index (χ3n) is 3.19. The minimum atomic E-state index is -0.243. The van der Waals surface area contributed by atoms with Crippen molar-refractivity contribution in [1.29, 1.82) is 0 Å². The zero-order valence-corrected chi connectivity index (χ0v) is 12.2. The lowest BCUT2D eigenvalue weighted by Gasteiger charge is -2.14. The molecule has 1 N–H and O–H groups in total. The second kappa shape index (κ2) is 8.57. The summed E-state index contributed by atoms with van der Waals surface area (Å²) in [6.45, 7) is 4.16. The third-order valence-corrected chi connectivity index (χ3v) is 3.19. The van der Waals surface area contributed by atoms with Crippen LogP contribution in [0, 0.1) is 0 Å². The molecular formula is C16H25NO2. The Kier molecular flexibility index (Phi) is 7.01. The van der Waals surface area contributed by atoms with Gasteiger partial charge in [-0.1, -0.05) is 38.3 Å². The maximum absolute atomic E-state index is 12.1. The van der Waals surface area contributed by atoms with Crippen LogP contribution in [0.5, 0.6) is 0 Å². The standard InChI is InChI=1S/C16H25NO2/c1-4-5-6-7-10-13(2)19-16(18)14-11-8-9-12-15(14)17-3/h8-9,11-13,17H,4-7,10H2,1-3H3. The normalized spacial score (nSPS) is 11.9. The van der Waals surface area contributed by atoms with Crippen molar-refractivity contribution in [1.82, 2.24) is 0 Å². The molecule has 3 nitrogen and oxygen atoms in total. The van der Waals surface area contributed by atoms with Crippen LogP contribution in [0.15, 0.2) is 24.3 Å². The number of esters is 1. The number of unbranched alkanes of at least 4 members (excludes halogenated alkanes) is 3. The number of para-hydroxylation sites is 1. The Morgan fingerprint density at radius 3 is 2.68 bits per heavy atom. The van der Waals surface area contributed by atoms with Gasteiger partial charge in [0.05, 0.1) is 11.7 Å². The zero-order valence-electron chi connectivity index (χ0n) is 12.2. The predicted octanol–water partition coefficient (Wildman–Crippen LogP) is 4.24. The summed E-state index contributed by atoms with van der Waals surface area (Å²) in [5.74, 6) is -0.243. The molecule has 0 aliphatic carbocycles. The molecule has 1 rings (SSSR count). The van der Waals surface area contributed by atoms with E-state index in [2.05, 4.69) is 12.2 Å². The Morgan fingerprint density at radius 2 is 2.00 bits per heavy atom. The topological polar surface area (TPSA) is 38.3 Å². The first kappa shape index (κ1) is 15.5. The Labute approximate surface area is 116 Å². The summed E-state index contributed by atoms with van der Waals surface area (Å²) in [5.41, 5.74) is 1.41. The molecule has 1 atom stereocenters. The highest BCUT2D eigenvalue weighted by Gasteiger charge is 2.14. The van der Waals surface area contributed by atoms with E-state index in [1.807, 2.05) is 25.1 Å². The van der Waals surface area contributed by atoms with Crippen molar-refractivity contribution in [3.8, 4) is 0 Å². The Bertz CT molecular complexity index is 390. The van der Waals surface area contributed by atoms with E-state index in [0.29, 0.717) is 5.56 Å². The molecule has 0 bridgehead atoms. The maximum atomic E-state index is 12.1. The average molecular weight is 263 g/mol. The lowest BCUT2D eigenvalue weighted by Crippen LogP contribution is -2.16. The van der Waals surface area contributed by atoms with Crippen LogP contribution < -0.4 is 5.32 Å². The number of nitrogens with one attached hydrogen (secondary N) is 1. The third kappa shape index (κ3) is 5.33. The molecule has 0 aromatic heterocycles. The Hall–Kier alpha value is -1.51. The van der Waals surface area contributed by atoms with Crippen LogP contribution in [0.3, 0.4) is 0 Å². The number of ether oxygens (including phenoxy) is 1. The highest BCUT2D eigenvalue weighted by molar-refractivity contribution is 5.95. The highest BCUT2D eigenvalue weighted by Crippen LogP contribution is 2.17. The zero-order chi connectivity index (χ0) is 14.1. The Balaban J connectivity index is 2.45. The van der Waals surface area contributed by atoms with Crippen molar-refractivity contribution in [3.63, 3.8) is 0 Å². The molecule has 1 aromatic rings. The fourth-order valence-corrected chi connectivity index (χ4v) is 2.04. The van der Waals surface area contributed by atoms with Gasteiger partial charge < -0.3 is 10.1 Å². The molecular weight excluding hydrogens is 238 g/mol. The summed E-state index contributed by atoms with van der Waals surface area (Å²) in [4.78, 5) is 12.1. The number of rotatable bonds is 8. The smallest absolute Gasteiger partial charge is 0.340 e. The first-order valence-corrected chi connectivity index (χ1v) is 7.16. The SMILES string of the molecule is CCCCCCC(C)OC(=O)c1ccccc1NC. The van der Waals surface area contributed by atoms with Crippen LogP contribution in [0.2, 0.25) is 0 Å². The van der Waals surface area contributed by atoms with Gasteiger partial charge in [-0.2, -0.15) is 0 Å². The summed E-state index contributed by atoms with van der Waals surface area (Å²) < 4.78 is 5.48. The van der Waals surface area contributed by atoms with Crippen molar-refractivity contribution < 1.29 is 9.53 Å². The molecule has 1 unspecified atom stereocenters. The molecule has 0 amide bonds. The largest absolute Gasteiger partial charge is 0.459 e. The lowest BCUT2D eigenvalue weighted by atomic mass is 10.1. The number of anilines is 1. The molecule has 106 valence electrons. The summed E-state index contributed by atoms with van der Waals surface area (Å²) in [6, 6.07) is 7.42. The van der Waals surface area contributed by atoms with E-state index in [0.717, 1.165) is 18.5 Å². The second-order valence-corrected chi connectivity index (χ2v) is 4.86. The van der Waals surface area contributed by atoms with Crippen molar-refractivity contribution in [2.75, 3.05) is 12.4 Å². The lowest BCUT2D eigenvalue weighted by molar-refractivity contribution is 0.0320.